The van der Waals surface area contributed by atoms with E-state index in [1.54, 1.807) is 0 Å². The van der Waals surface area contributed by atoms with Gasteiger partial charge in [-0.15, -0.1) is 0 Å². The van der Waals surface area contributed by atoms with Gasteiger partial charge >= 0.3 is 117 Å². The van der Waals surface area contributed by atoms with Gasteiger partial charge in [-0.1, -0.05) is 0 Å². The standard InChI is InChI=1S/C14H19ClGeO2/c1-16(2,3)10-12(14(17)18-4)9-11-7-5-6-8-13(11)15/h5-9H,10H2,1-4H3/b12-9+. The van der Waals surface area contributed by atoms with Crippen LogP contribution in [0.5, 0.6) is 0 Å². The molecule has 1 aromatic carbocycles. The van der Waals surface area contributed by atoms with Crippen molar-refractivity contribution < 1.29 is 9.53 Å². The first-order valence-electron chi connectivity index (χ1n) is 5.87. The van der Waals surface area contributed by atoms with Gasteiger partial charge < -0.3 is 0 Å². The van der Waals surface area contributed by atoms with Crippen molar-refractivity contribution in [2.45, 2.75) is 22.5 Å². The van der Waals surface area contributed by atoms with Crippen LogP contribution in [-0.2, 0) is 9.53 Å². The van der Waals surface area contributed by atoms with Crippen LogP contribution in [0.3, 0.4) is 0 Å². The van der Waals surface area contributed by atoms with E-state index < -0.39 is 13.3 Å². The molecule has 0 aliphatic carbocycles. The van der Waals surface area contributed by atoms with Crippen LogP contribution in [0.1, 0.15) is 5.56 Å². The van der Waals surface area contributed by atoms with E-state index in [0.29, 0.717) is 5.02 Å². The van der Waals surface area contributed by atoms with E-state index in [2.05, 4.69) is 17.3 Å². The third-order valence-electron chi connectivity index (χ3n) is 2.40. The van der Waals surface area contributed by atoms with Crippen molar-refractivity contribution in [1.82, 2.24) is 0 Å². The normalized spacial score (nSPS) is 12.4. The fraction of sp³-hybridized carbons (Fsp3) is 0.357. The molecule has 0 fully saturated rings. The van der Waals surface area contributed by atoms with Crippen molar-refractivity contribution in [3.63, 3.8) is 0 Å². The van der Waals surface area contributed by atoms with E-state index in [1.165, 1.54) is 7.11 Å². The van der Waals surface area contributed by atoms with Crippen LogP contribution in [-0.4, -0.2) is 26.3 Å². The number of hydrogen-bond donors (Lipinski definition) is 0. The van der Waals surface area contributed by atoms with E-state index in [1.807, 2.05) is 30.3 Å². The second-order valence-electron chi connectivity index (χ2n) is 5.42. The zero-order chi connectivity index (χ0) is 13.8. The van der Waals surface area contributed by atoms with Crippen LogP contribution in [0.4, 0.5) is 0 Å². The molecule has 0 radical (unpaired) electrons. The van der Waals surface area contributed by atoms with Crippen LogP contribution in [0.15, 0.2) is 29.8 Å². The summed E-state index contributed by atoms with van der Waals surface area (Å²) in [5.41, 5.74) is 1.59. The fourth-order valence-electron chi connectivity index (χ4n) is 1.66. The Morgan fingerprint density at radius 3 is 2.44 bits per heavy atom. The molecule has 0 spiro atoms. The number of carbonyl (C=O) groups excluding carboxylic acids is 1. The molecule has 0 bridgehead atoms. The van der Waals surface area contributed by atoms with E-state index in [0.717, 1.165) is 16.4 Å². The first-order valence-corrected chi connectivity index (χ1v) is 14.0. The number of rotatable bonds is 4. The minimum atomic E-state index is -1.87. The molecule has 4 heteroatoms. The molecule has 0 heterocycles. The Balaban J connectivity index is 3.11. The zero-order valence-electron chi connectivity index (χ0n) is 11.3. The predicted molar refractivity (Wildman–Crippen MR) is 79.6 cm³/mol. The van der Waals surface area contributed by atoms with Gasteiger partial charge in [0.05, 0.1) is 0 Å². The molecule has 0 saturated carbocycles. The summed E-state index contributed by atoms with van der Waals surface area (Å²) in [5.74, 6) is 6.55. The van der Waals surface area contributed by atoms with Gasteiger partial charge in [0, 0.05) is 0 Å². The number of hydrogen-bond acceptors (Lipinski definition) is 2. The number of halogens is 1. The molecule has 1 aromatic rings. The van der Waals surface area contributed by atoms with Gasteiger partial charge in [-0.25, -0.2) is 0 Å². The molecular formula is C14H19ClGeO2. The predicted octanol–water partition coefficient (Wildman–Crippen LogP) is 4.23. The molecule has 0 N–H and O–H groups in total. The molecule has 0 amide bonds. The van der Waals surface area contributed by atoms with Gasteiger partial charge in [0.15, 0.2) is 0 Å². The van der Waals surface area contributed by atoms with Gasteiger partial charge in [-0.05, 0) is 0 Å². The van der Waals surface area contributed by atoms with Gasteiger partial charge in [0.25, 0.3) is 0 Å². The summed E-state index contributed by atoms with van der Waals surface area (Å²) < 4.78 is 4.85. The van der Waals surface area contributed by atoms with Crippen molar-refractivity contribution >= 4 is 36.9 Å². The topological polar surface area (TPSA) is 26.3 Å². The first kappa shape index (κ1) is 15.3. The van der Waals surface area contributed by atoms with Gasteiger partial charge in [0.2, 0.25) is 0 Å². The molecule has 0 atom stereocenters. The van der Waals surface area contributed by atoms with E-state index in [-0.39, 0.29) is 5.97 Å². The molecule has 0 aliphatic rings. The second kappa shape index (κ2) is 6.44. The Labute approximate surface area is 116 Å². The third-order valence-corrected chi connectivity index (χ3v) is 5.77. The summed E-state index contributed by atoms with van der Waals surface area (Å²) in [4.78, 5) is 11.8. The van der Waals surface area contributed by atoms with Gasteiger partial charge in [0.1, 0.15) is 0 Å². The van der Waals surface area contributed by atoms with Crippen molar-refractivity contribution in [2.75, 3.05) is 7.11 Å². The molecule has 18 heavy (non-hydrogen) atoms. The van der Waals surface area contributed by atoms with Gasteiger partial charge in [-0.3, -0.25) is 0 Å². The van der Waals surface area contributed by atoms with Crippen molar-refractivity contribution in [3.8, 4) is 0 Å². The van der Waals surface area contributed by atoms with Crippen molar-refractivity contribution in [3.05, 3.63) is 40.4 Å². The Morgan fingerprint density at radius 2 is 1.94 bits per heavy atom. The summed E-state index contributed by atoms with van der Waals surface area (Å²) in [6, 6.07) is 7.51. The Morgan fingerprint density at radius 1 is 1.33 bits per heavy atom. The maximum absolute atomic E-state index is 11.8. The monoisotopic (exact) mass is 328 g/mol. The Hall–Kier alpha value is -0.737. The first-order chi connectivity index (χ1) is 8.33. The number of esters is 1. The summed E-state index contributed by atoms with van der Waals surface area (Å²) in [7, 11) is 1.42. The van der Waals surface area contributed by atoms with Crippen LogP contribution < -0.4 is 0 Å². The number of methoxy groups -OCH3 is 1. The molecule has 1 rings (SSSR count). The average molecular weight is 327 g/mol. The minimum absolute atomic E-state index is 0.254. The molecule has 98 valence electrons. The van der Waals surface area contributed by atoms with Crippen LogP contribution in [0, 0.1) is 0 Å². The number of carbonyl (C=O) groups is 1. The average Bonchev–Trinajstić information content (AvgIpc) is 2.28. The SMILES string of the molecule is COC(=O)/C(=C/c1ccccc1Cl)[CH2][Ge]([CH3])([CH3])[CH3]. The summed E-state index contributed by atoms with van der Waals surface area (Å²) >= 11 is 4.23. The van der Waals surface area contributed by atoms with E-state index >= 15 is 0 Å². The summed E-state index contributed by atoms with van der Waals surface area (Å²) in [6.45, 7) is 0. The summed E-state index contributed by atoms with van der Waals surface area (Å²) in [5, 5.41) is 1.48. The quantitative estimate of drug-likeness (QED) is 0.470. The fourth-order valence-corrected chi connectivity index (χ4v) is 4.77. The van der Waals surface area contributed by atoms with Crippen LogP contribution in [0.2, 0.25) is 27.5 Å². The van der Waals surface area contributed by atoms with Crippen molar-refractivity contribution in [1.29, 1.82) is 0 Å². The third kappa shape index (κ3) is 4.87. The Kier molecular flexibility index (Phi) is 5.48. The zero-order valence-corrected chi connectivity index (χ0v) is 14.1. The molecule has 0 unspecified atom stereocenters. The van der Waals surface area contributed by atoms with Gasteiger partial charge in [-0.2, -0.15) is 0 Å². The second-order valence-corrected chi connectivity index (χ2v) is 17.3. The molecule has 0 saturated heterocycles. The van der Waals surface area contributed by atoms with E-state index in [4.69, 9.17) is 16.3 Å². The number of benzene rings is 1. The van der Waals surface area contributed by atoms with Crippen molar-refractivity contribution in [2.24, 2.45) is 0 Å². The van der Waals surface area contributed by atoms with E-state index in [9.17, 15) is 4.79 Å². The molecule has 0 aromatic heterocycles. The Bertz CT molecular complexity index is 461. The molecule has 2 nitrogen and oxygen atoms in total. The van der Waals surface area contributed by atoms with Crippen LogP contribution in [0.25, 0.3) is 6.08 Å². The number of ether oxygens (including phenoxy) is 1. The van der Waals surface area contributed by atoms with Crippen LogP contribution >= 0.6 is 11.6 Å². The maximum atomic E-state index is 11.8. The molecular weight excluding hydrogens is 308 g/mol. The summed E-state index contributed by atoms with van der Waals surface area (Å²) in [6.07, 6.45) is 1.85. The molecule has 0 aliphatic heterocycles.